The molecule has 0 bridgehead atoms. The van der Waals surface area contributed by atoms with Crippen LogP contribution in [0, 0.1) is 4.77 Å². The van der Waals surface area contributed by atoms with E-state index in [1.165, 1.54) is 31.4 Å². The first-order chi connectivity index (χ1) is 13.8. The van der Waals surface area contributed by atoms with Crippen molar-refractivity contribution in [3.05, 3.63) is 64.7 Å². The van der Waals surface area contributed by atoms with Gasteiger partial charge < -0.3 is 14.6 Å². The summed E-state index contributed by atoms with van der Waals surface area (Å²) in [5.74, 6) is 0.841. The van der Waals surface area contributed by atoms with Gasteiger partial charge in [-0.3, -0.25) is 14.6 Å². The van der Waals surface area contributed by atoms with E-state index in [1.807, 2.05) is 0 Å². The number of rotatable bonds is 7. The number of hydrogen-bond donors (Lipinski definition) is 3. The minimum absolute atomic E-state index is 0.0410. The number of nitrogens with one attached hydrogen (secondary N) is 3. The number of H-pyrrole nitrogens is 1. The van der Waals surface area contributed by atoms with Gasteiger partial charge in [0.1, 0.15) is 5.75 Å². The highest BCUT2D eigenvalue weighted by Crippen LogP contribution is 2.19. The van der Waals surface area contributed by atoms with E-state index in [9.17, 15) is 13.2 Å². The molecule has 3 aromatic rings. The second-order valence-electron chi connectivity index (χ2n) is 6.05. The Bertz CT molecular complexity index is 1170. The zero-order valence-corrected chi connectivity index (χ0v) is 17.3. The van der Waals surface area contributed by atoms with Crippen molar-refractivity contribution in [1.82, 2.24) is 20.1 Å². The molecule has 3 rings (SSSR count). The minimum Gasteiger partial charge on any atom is -0.497 e. The smallest absolute Gasteiger partial charge is 0.261 e. The van der Waals surface area contributed by atoms with Crippen LogP contribution in [0.3, 0.4) is 0 Å². The second-order valence-corrected chi connectivity index (χ2v) is 8.11. The number of hydrogen-bond acceptors (Lipinski definition) is 6. The van der Waals surface area contributed by atoms with Crippen molar-refractivity contribution in [2.75, 3.05) is 11.8 Å². The minimum atomic E-state index is -3.79. The lowest BCUT2D eigenvalue weighted by Gasteiger charge is -2.10. The number of nitrogens with zero attached hydrogens (tertiary/aromatic N) is 2. The van der Waals surface area contributed by atoms with E-state index in [0.717, 1.165) is 0 Å². The number of amides is 1. The van der Waals surface area contributed by atoms with Crippen molar-refractivity contribution in [3.63, 3.8) is 0 Å². The summed E-state index contributed by atoms with van der Waals surface area (Å²) in [5.41, 5.74) is 0.728. The molecule has 0 atom stereocenters. The lowest BCUT2D eigenvalue weighted by molar-refractivity contribution is 0.0949. The maximum absolute atomic E-state index is 12.5. The van der Waals surface area contributed by atoms with E-state index in [0.29, 0.717) is 27.6 Å². The molecular weight excluding hydrogens is 414 g/mol. The molecule has 0 radical (unpaired) electrons. The molecule has 1 amide bonds. The molecule has 3 N–H and O–H groups in total. The Balaban J connectivity index is 1.67. The summed E-state index contributed by atoms with van der Waals surface area (Å²) in [7, 11) is -0.516. The van der Waals surface area contributed by atoms with Gasteiger partial charge in [0.15, 0.2) is 10.6 Å². The van der Waals surface area contributed by atoms with Crippen LogP contribution in [0.2, 0.25) is 0 Å². The normalized spacial score (nSPS) is 11.1. The van der Waals surface area contributed by atoms with Crippen LogP contribution in [0.4, 0.5) is 5.69 Å². The first kappa shape index (κ1) is 20.6. The zero-order chi connectivity index (χ0) is 21.0. The van der Waals surface area contributed by atoms with Gasteiger partial charge in [-0.1, -0.05) is 0 Å². The molecule has 11 heteroatoms. The largest absolute Gasteiger partial charge is 0.497 e. The molecule has 1 aromatic heterocycles. The summed E-state index contributed by atoms with van der Waals surface area (Å²) in [5, 5.41) is 9.36. The Morgan fingerprint density at radius 2 is 1.83 bits per heavy atom. The predicted molar refractivity (Wildman–Crippen MR) is 110 cm³/mol. The molecule has 29 heavy (non-hydrogen) atoms. The summed E-state index contributed by atoms with van der Waals surface area (Å²) < 4.78 is 34.7. The lowest BCUT2D eigenvalue weighted by atomic mass is 10.2. The van der Waals surface area contributed by atoms with Gasteiger partial charge in [-0.25, -0.2) is 8.42 Å². The molecule has 0 spiro atoms. The predicted octanol–water partition coefficient (Wildman–Crippen LogP) is 2.22. The van der Waals surface area contributed by atoms with Crippen molar-refractivity contribution in [2.24, 2.45) is 7.05 Å². The molecule has 0 aliphatic carbocycles. The van der Waals surface area contributed by atoms with Gasteiger partial charge in [-0.15, -0.1) is 0 Å². The number of ether oxygens (including phenoxy) is 1. The zero-order valence-electron chi connectivity index (χ0n) is 15.7. The van der Waals surface area contributed by atoms with Crippen LogP contribution in [0.5, 0.6) is 5.75 Å². The topological polar surface area (TPSA) is 118 Å². The monoisotopic (exact) mass is 433 g/mol. The maximum atomic E-state index is 12.5. The molecule has 0 aliphatic heterocycles. The number of aromatic amines is 1. The van der Waals surface area contributed by atoms with Crippen LogP contribution >= 0.6 is 12.2 Å². The third-order valence-corrected chi connectivity index (χ3v) is 5.91. The lowest BCUT2D eigenvalue weighted by Crippen LogP contribution is -2.24. The molecule has 0 saturated carbocycles. The molecule has 9 nitrogen and oxygen atoms in total. The Morgan fingerprint density at radius 3 is 2.38 bits per heavy atom. The fourth-order valence-electron chi connectivity index (χ4n) is 2.46. The van der Waals surface area contributed by atoms with E-state index >= 15 is 0 Å². The van der Waals surface area contributed by atoms with Crippen molar-refractivity contribution < 1.29 is 17.9 Å². The summed E-state index contributed by atoms with van der Waals surface area (Å²) in [6.45, 7) is 0.182. The van der Waals surface area contributed by atoms with Crippen LogP contribution in [-0.4, -0.2) is 36.2 Å². The molecule has 1 heterocycles. The summed E-state index contributed by atoms with van der Waals surface area (Å²) in [6, 6.07) is 12.1. The van der Waals surface area contributed by atoms with Gasteiger partial charge >= 0.3 is 0 Å². The Kier molecular flexibility index (Phi) is 5.99. The molecular formula is C18H19N5O4S2. The number of methoxy groups -OCH3 is 1. The third-order valence-electron chi connectivity index (χ3n) is 4.15. The van der Waals surface area contributed by atoms with Crippen molar-refractivity contribution in [2.45, 2.75) is 11.4 Å². The Morgan fingerprint density at radius 1 is 1.17 bits per heavy atom. The van der Waals surface area contributed by atoms with Crippen molar-refractivity contribution in [1.29, 1.82) is 0 Å². The molecule has 152 valence electrons. The SMILES string of the molecule is COc1ccc(NS(=O)(=O)c2ccc(C(=O)NCc3n[nH]c(=S)n3C)cc2)cc1. The van der Waals surface area contributed by atoms with Crippen LogP contribution in [0.25, 0.3) is 0 Å². The Labute approximate surface area is 172 Å². The highest BCUT2D eigenvalue weighted by molar-refractivity contribution is 7.92. The van der Waals surface area contributed by atoms with Crippen LogP contribution < -0.4 is 14.8 Å². The molecule has 0 saturated heterocycles. The second kappa shape index (κ2) is 8.45. The van der Waals surface area contributed by atoms with Crippen molar-refractivity contribution in [3.8, 4) is 5.75 Å². The van der Waals surface area contributed by atoms with Gasteiger partial charge in [-0.05, 0) is 60.7 Å². The summed E-state index contributed by atoms with van der Waals surface area (Å²) in [4.78, 5) is 12.3. The maximum Gasteiger partial charge on any atom is 0.261 e. The van der Waals surface area contributed by atoms with E-state index in [4.69, 9.17) is 17.0 Å². The number of anilines is 1. The number of aromatic nitrogens is 3. The highest BCUT2D eigenvalue weighted by atomic mass is 32.2. The van der Waals surface area contributed by atoms with E-state index in [2.05, 4.69) is 20.2 Å². The quantitative estimate of drug-likeness (QED) is 0.492. The third kappa shape index (κ3) is 4.81. The Hall–Kier alpha value is -3.18. The van der Waals surface area contributed by atoms with Gasteiger partial charge in [0.2, 0.25) is 0 Å². The number of sulfonamides is 1. The van der Waals surface area contributed by atoms with Gasteiger partial charge in [0, 0.05) is 18.3 Å². The average Bonchev–Trinajstić information content (AvgIpc) is 3.04. The van der Waals surface area contributed by atoms with Gasteiger partial charge in [0.25, 0.3) is 15.9 Å². The molecule has 0 unspecified atom stereocenters. The fraction of sp³-hybridized carbons (Fsp3) is 0.167. The first-order valence-corrected chi connectivity index (χ1v) is 10.3. The summed E-state index contributed by atoms with van der Waals surface area (Å²) in [6.07, 6.45) is 0. The molecule has 2 aromatic carbocycles. The molecule has 0 aliphatic rings. The number of carbonyl (C=O) groups excluding carboxylic acids is 1. The van der Waals surface area contributed by atoms with Crippen LogP contribution in [0.15, 0.2) is 53.4 Å². The fourth-order valence-corrected chi connectivity index (χ4v) is 3.67. The van der Waals surface area contributed by atoms with E-state index in [1.54, 1.807) is 35.9 Å². The van der Waals surface area contributed by atoms with Crippen LogP contribution in [-0.2, 0) is 23.6 Å². The van der Waals surface area contributed by atoms with E-state index < -0.39 is 10.0 Å². The summed E-state index contributed by atoms with van der Waals surface area (Å²) >= 11 is 5.02. The van der Waals surface area contributed by atoms with Crippen molar-refractivity contribution >= 4 is 33.8 Å². The highest BCUT2D eigenvalue weighted by Gasteiger charge is 2.15. The standard InChI is InChI=1S/C18H19N5O4S2/c1-23-16(20-21-18(23)28)11-19-17(24)12-3-9-15(10-4-12)29(25,26)22-13-5-7-14(27-2)8-6-13/h3-10,22H,11H2,1-2H3,(H,19,24)(H,21,28). The van der Waals surface area contributed by atoms with Gasteiger partial charge in [-0.2, -0.15) is 5.10 Å². The number of benzene rings is 2. The van der Waals surface area contributed by atoms with E-state index in [-0.39, 0.29) is 17.3 Å². The first-order valence-electron chi connectivity index (χ1n) is 8.45. The molecule has 0 fully saturated rings. The number of carbonyl (C=O) groups is 1. The van der Waals surface area contributed by atoms with Crippen LogP contribution in [0.1, 0.15) is 16.2 Å². The van der Waals surface area contributed by atoms with Gasteiger partial charge in [0.05, 0.1) is 18.6 Å². The average molecular weight is 434 g/mol.